The highest BCUT2D eigenvalue weighted by atomic mass is 35.5. The van der Waals surface area contributed by atoms with E-state index in [2.05, 4.69) is 13.2 Å². The number of aliphatic hydroxyl groups excluding tert-OH is 1. The van der Waals surface area contributed by atoms with Crippen LogP contribution in [-0.4, -0.2) is 70.8 Å². The van der Waals surface area contributed by atoms with Gasteiger partial charge in [0.15, 0.2) is 0 Å². The number of benzene rings is 1. The zero-order valence-electron chi connectivity index (χ0n) is 24.6. The van der Waals surface area contributed by atoms with Crippen LogP contribution in [0.5, 0.6) is 0 Å². The number of amides is 2. The van der Waals surface area contributed by atoms with Gasteiger partial charge < -0.3 is 24.4 Å². The zero-order chi connectivity index (χ0) is 30.1. The lowest BCUT2D eigenvalue weighted by Gasteiger charge is -2.41. The Labute approximate surface area is 248 Å². The molecule has 0 saturated carbocycles. The molecule has 1 aromatic rings. The number of aliphatic hydroxyl groups is 1. The quantitative estimate of drug-likeness (QED) is 0.202. The summed E-state index contributed by atoms with van der Waals surface area (Å²) in [5.74, 6) is -3.08. The molecule has 3 fully saturated rings. The van der Waals surface area contributed by atoms with Crippen molar-refractivity contribution in [3.63, 3.8) is 0 Å². The van der Waals surface area contributed by atoms with Gasteiger partial charge in [-0.2, -0.15) is 0 Å². The van der Waals surface area contributed by atoms with Crippen LogP contribution in [0.2, 0.25) is 5.02 Å². The summed E-state index contributed by atoms with van der Waals surface area (Å²) < 4.78 is 12.5. The van der Waals surface area contributed by atoms with E-state index in [9.17, 15) is 19.5 Å². The summed E-state index contributed by atoms with van der Waals surface area (Å²) in [4.78, 5) is 46.1. The van der Waals surface area contributed by atoms with Crippen molar-refractivity contribution < 1.29 is 29.0 Å². The number of hydrogen-bond donors (Lipinski definition) is 1. The summed E-state index contributed by atoms with van der Waals surface area (Å²) >= 11 is 6.65. The molecule has 2 unspecified atom stereocenters. The Kier molecular flexibility index (Phi) is 9.36. The molecule has 41 heavy (non-hydrogen) atoms. The molecule has 2 bridgehead atoms. The van der Waals surface area contributed by atoms with Gasteiger partial charge in [-0.25, -0.2) is 0 Å². The molecule has 3 aliphatic heterocycles. The molecule has 0 aliphatic carbocycles. The first kappa shape index (κ1) is 31.3. The van der Waals surface area contributed by atoms with Crippen molar-refractivity contribution in [1.82, 2.24) is 4.90 Å². The average molecular weight is 587 g/mol. The van der Waals surface area contributed by atoms with Crippen molar-refractivity contribution in [3.05, 3.63) is 54.1 Å². The molecule has 7 atom stereocenters. The van der Waals surface area contributed by atoms with Crippen LogP contribution in [0, 0.1) is 24.7 Å². The van der Waals surface area contributed by atoms with Gasteiger partial charge in [0.2, 0.25) is 5.91 Å². The fraction of sp³-hybridized carbons (Fsp3) is 0.594. The van der Waals surface area contributed by atoms with E-state index in [0.717, 1.165) is 5.56 Å². The topological polar surface area (TPSA) is 96.4 Å². The van der Waals surface area contributed by atoms with Gasteiger partial charge in [-0.3, -0.25) is 14.4 Å². The number of carbonyl (C=O) groups excluding carboxylic acids is 3. The molecule has 0 aromatic heterocycles. The highest BCUT2D eigenvalue weighted by molar-refractivity contribution is 6.34. The van der Waals surface area contributed by atoms with Crippen LogP contribution in [0.25, 0.3) is 0 Å². The second-order valence-corrected chi connectivity index (χ2v) is 12.0. The van der Waals surface area contributed by atoms with Gasteiger partial charge in [0, 0.05) is 6.54 Å². The third-order valence-electron chi connectivity index (χ3n) is 9.55. The largest absolute Gasteiger partial charge is 0.465 e. The fourth-order valence-electron chi connectivity index (χ4n) is 7.33. The number of likely N-dealkylation sites (tertiary alicyclic amines) is 1. The first-order chi connectivity index (χ1) is 19.6. The molecular formula is C32H43ClN2O6. The summed E-state index contributed by atoms with van der Waals surface area (Å²) in [6, 6.07) is 3.70. The van der Waals surface area contributed by atoms with Crippen LogP contribution >= 0.6 is 11.6 Å². The van der Waals surface area contributed by atoms with Gasteiger partial charge in [0.05, 0.1) is 41.5 Å². The smallest absolute Gasteiger partial charge is 0.312 e. The Balaban J connectivity index is 1.89. The highest BCUT2D eigenvalue weighted by Gasteiger charge is 2.79. The molecule has 2 amide bonds. The Morgan fingerprint density at radius 2 is 2.02 bits per heavy atom. The Morgan fingerprint density at radius 1 is 1.29 bits per heavy atom. The maximum Gasteiger partial charge on any atom is 0.312 e. The molecule has 224 valence electrons. The molecular weight excluding hydrogens is 544 g/mol. The van der Waals surface area contributed by atoms with Crippen LogP contribution in [0.3, 0.4) is 0 Å². The van der Waals surface area contributed by atoms with Crippen LogP contribution in [-0.2, 0) is 23.9 Å². The lowest BCUT2D eigenvalue weighted by Crippen LogP contribution is -2.60. The van der Waals surface area contributed by atoms with E-state index in [1.807, 2.05) is 39.8 Å². The molecule has 1 spiro atoms. The first-order valence-corrected chi connectivity index (χ1v) is 15.0. The number of carbonyl (C=O) groups is 3. The average Bonchev–Trinajstić information content (AvgIpc) is 3.56. The fourth-order valence-corrected chi connectivity index (χ4v) is 7.66. The lowest BCUT2D eigenvalue weighted by molar-refractivity contribution is -0.162. The van der Waals surface area contributed by atoms with Crippen LogP contribution in [0.4, 0.5) is 5.69 Å². The van der Waals surface area contributed by atoms with Crippen molar-refractivity contribution in [2.24, 2.45) is 17.8 Å². The second-order valence-electron chi connectivity index (χ2n) is 11.6. The van der Waals surface area contributed by atoms with Crippen molar-refractivity contribution in [2.75, 3.05) is 24.7 Å². The van der Waals surface area contributed by atoms with Gasteiger partial charge >= 0.3 is 5.97 Å². The highest BCUT2D eigenvalue weighted by Crippen LogP contribution is 2.65. The van der Waals surface area contributed by atoms with Crippen molar-refractivity contribution in [1.29, 1.82) is 0 Å². The number of hydrogen-bond acceptors (Lipinski definition) is 6. The second kappa shape index (κ2) is 12.3. The van der Waals surface area contributed by atoms with E-state index in [1.54, 1.807) is 23.1 Å². The van der Waals surface area contributed by atoms with E-state index in [-0.39, 0.29) is 37.5 Å². The van der Waals surface area contributed by atoms with Crippen molar-refractivity contribution in [3.8, 4) is 0 Å². The third-order valence-corrected chi connectivity index (χ3v) is 9.86. The molecule has 1 aromatic carbocycles. The summed E-state index contributed by atoms with van der Waals surface area (Å²) in [5.41, 5.74) is -0.829. The monoisotopic (exact) mass is 586 g/mol. The van der Waals surface area contributed by atoms with E-state index in [4.69, 9.17) is 21.1 Å². The van der Waals surface area contributed by atoms with Gasteiger partial charge in [-0.05, 0) is 50.2 Å². The molecule has 8 nitrogen and oxygen atoms in total. The van der Waals surface area contributed by atoms with Gasteiger partial charge in [0.25, 0.3) is 5.91 Å². The molecule has 4 rings (SSSR count). The van der Waals surface area contributed by atoms with Gasteiger partial charge in [-0.1, -0.05) is 63.1 Å². The summed E-state index contributed by atoms with van der Waals surface area (Å²) in [6.07, 6.45) is 5.91. The molecule has 3 saturated heterocycles. The maximum absolute atomic E-state index is 14.9. The predicted molar refractivity (Wildman–Crippen MR) is 159 cm³/mol. The van der Waals surface area contributed by atoms with E-state index in [1.165, 1.54) is 4.90 Å². The molecule has 3 heterocycles. The minimum absolute atomic E-state index is 0.111. The minimum Gasteiger partial charge on any atom is -0.465 e. The SMILES string of the molecule is C=CCCOC(=O)[C@@H]1[C@H]2C(=O)N([C@@H](CO)[C@@H](C)CC)C(C(=O)N(CC=C)c3c(C)cccc3Cl)C23CC[C@@]1(CC)O3. The molecule has 3 aliphatic rings. The summed E-state index contributed by atoms with van der Waals surface area (Å²) in [6.45, 7) is 15.3. The number of para-hydroxylation sites is 1. The Hall–Kier alpha value is -2.68. The van der Waals surface area contributed by atoms with Crippen LogP contribution in [0.15, 0.2) is 43.5 Å². The Morgan fingerprint density at radius 3 is 2.61 bits per heavy atom. The van der Waals surface area contributed by atoms with Crippen LogP contribution in [0.1, 0.15) is 58.4 Å². The molecule has 1 N–H and O–H groups in total. The number of nitrogens with zero attached hydrogens (tertiary/aromatic N) is 2. The number of ether oxygens (including phenoxy) is 2. The van der Waals surface area contributed by atoms with E-state index < -0.39 is 41.1 Å². The van der Waals surface area contributed by atoms with E-state index in [0.29, 0.717) is 42.8 Å². The van der Waals surface area contributed by atoms with Crippen LogP contribution < -0.4 is 4.90 Å². The summed E-state index contributed by atoms with van der Waals surface area (Å²) in [5, 5.41) is 11.0. The number of rotatable bonds is 13. The first-order valence-electron chi connectivity index (χ1n) is 14.7. The third kappa shape index (κ3) is 4.92. The number of aryl methyl sites for hydroxylation is 1. The minimum atomic E-state index is -1.25. The predicted octanol–water partition coefficient (Wildman–Crippen LogP) is 4.85. The maximum atomic E-state index is 14.9. The van der Waals surface area contributed by atoms with E-state index >= 15 is 0 Å². The number of fused-ring (bicyclic) bond motifs is 1. The number of esters is 1. The Bertz CT molecular complexity index is 1180. The molecule has 0 radical (unpaired) electrons. The lowest BCUT2D eigenvalue weighted by atomic mass is 9.65. The number of halogens is 1. The van der Waals surface area contributed by atoms with Crippen molar-refractivity contribution >= 4 is 35.1 Å². The number of anilines is 1. The normalized spacial score (nSPS) is 29.7. The summed E-state index contributed by atoms with van der Waals surface area (Å²) in [7, 11) is 0. The van der Waals surface area contributed by atoms with Gasteiger partial charge in [0.1, 0.15) is 17.6 Å². The molecule has 9 heteroatoms. The zero-order valence-corrected chi connectivity index (χ0v) is 25.4. The van der Waals surface area contributed by atoms with Gasteiger partial charge in [-0.15, -0.1) is 13.2 Å². The standard InChI is InChI=1S/C32H43ClN2O6/c1-7-11-18-40-30(39)25-24-28(37)35(23(19-36)20(5)9-3)27(32(24)16-15-31(25,10-4)41-32)29(38)34(17-8-2)26-21(6)13-12-14-22(26)33/h7-8,12-14,20,23-25,27,36H,1-2,9-11,15-19H2,3-6H3/t20-,23-,24-,25-,27?,31+,32?/m0/s1. The van der Waals surface area contributed by atoms with Crippen molar-refractivity contribution in [2.45, 2.75) is 83.1 Å².